The van der Waals surface area contributed by atoms with Crippen molar-refractivity contribution >= 4 is 0 Å². The summed E-state index contributed by atoms with van der Waals surface area (Å²) in [7, 11) is 4.00. The van der Waals surface area contributed by atoms with Crippen LogP contribution in [-0.4, -0.2) is 48.9 Å². The minimum atomic E-state index is 0. The maximum absolute atomic E-state index is 7.00. The Hall–Kier alpha value is -0.160. The minimum absolute atomic E-state index is 0. The summed E-state index contributed by atoms with van der Waals surface area (Å²) < 4.78 is 0. The lowest BCUT2D eigenvalue weighted by Crippen LogP contribution is -1.25. The molecule has 0 spiro atoms. The summed E-state index contributed by atoms with van der Waals surface area (Å²) in [5, 5.41) is 28.0. The van der Waals surface area contributed by atoms with Gasteiger partial charge in [0.05, 0.1) is 0 Å². The summed E-state index contributed by atoms with van der Waals surface area (Å²) in [4.78, 5) is 0. The molecule has 0 aliphatic heterocycles. The number of hydrogen-bond acceptors (Lipinski definition) is 4. The van der Waals surface area contributed by atoms with Crippen LogP contribution < -0.4 is 0 Å². The molecule has 0 aliphatic rings. The molecule has 0 radical (unpaired) electrons. The molecular formula is C5H20O4. The van der Waals surface area contributed by atoms with Crippen molar-refractivity contribution in [3.8, 4) is 0 Å². The quantitative estimate of drug-likeness (QED) is 0.354. The molecule has 0 unspecified atom stereocenters. The second kappa shape index (κ2) is 14300. The van der Waals surface area contributed by atoms with Crippen molar-refractivity contribution in [3.63, 3.8) is 0 Å². The van der Waals surface area contributed by atoms with Gasteiger partial charge in [-0.2, -0.15) is 0 Å². The Morgan fingerprint density at radius 1 is 0.444 bits per heavy atom. The van der Waals surface area contributed by atoms with Crippen LogP contribution in [0.25, 0.3) is 0 Å². The van der Waals surface area contributed by atoms with Gasteiger partial charge in [0.25, 0.3) is 0 Å². The van der Waals surface area contributed by atoms with Gasteiger partial charge in [-0.1, -0.05) is 7.43 Å². The van der Waals surface area contributed by atoms with E-state index in [0.29, 0.717) is 0 Å². The molecule has 64 valence electrons. The van der Waals surface area contributed by atoms with E-state index in [2.05, 4.69) is 0 Å². The van der Waals surface area contributed by atoms with Gasteiger partial charge >= 0.3 is 0 Å². The smallest absolute Gasteiger partial charge is 0.0319 e. The number of rotatable bonds is 0. The molecule has 9 heavy (non-hydrogen) atoms. The summed E-state index contributed by atoms with van der Waals surface area (Å²) >= 11 is 0. The van der Waals surface area contributed by atoms with E-state index in [0.717, 1.165) is 28.4 Å². The van der Waals surface area contributed by atoms with Crippen LogP contribution in [0, 0.1) is 0 Å². The van der Waals surface area contributed by atoms with Gasteiger partial charge in [-0.05, 0) is 0 Å². The van der Waals surface area contributed by atoms with Crippen LogP contribution >= 0.6 is 0 Å². The van der Waals surface area contributed by atoms with Gasteiger partial charge in [-0.3, -0.25) is 0 Å². The van der Waals surface area contributed by atoms with Crippen molar-refractivity contribution in [2.75, 3.05) is 28.4 Å². The van der Waals surface area contributed by atoms with E-state index in [9.17, 15) is 0 Å². The van der Waals surface area contributed by atoms with Crippen LogP contribution in [0.1, 0.15) is 7.43 Å². The second-order valence-electron chi connectivity index (χ2n) is 0. The highest BCUT2D eigenvalue weighted by Crippen LogP contribution is 0.761. The Morgan fingerprint density at radius 2 is 0.444 bits per heavy atom. The molecule has 0 rings (SSSR count). The second-order valence-corrected chi connectivity index (χ2v) is 0. The first-order valence-corrected chi connectivity index (χ1v) is 1.79. The molecule has 0 aromatic carbocycles. The van der Waals surface area contributed by atoms with Crippen LogP contribution in [-0.2, 0) is 0 Å². The van der Waals surface area contributed by atoms with Crippen molar-refractivity contribution in [1.82, 2.24) is 0 Å². The van der Waals surface area contributed by atoms with Crippen LogP contribution in [0.3, 0.4) is 0 Å². The van der Waals surface area contributed by atoms with E-state index in [1.54, 1.807) is 0 Å². The molecule has 0 aliphatic carbocycles. The van der Waals surface area contributed by atoms with Crippen LogP contribution in [0.15, 0.2) is 0 Å². The van der Waals surface area contributed by atoms with Crippen molar-refractivity contribution in [2.24, 2.45) is 0 Å². The van der Waals surface area contributed by atoms with Gasteiger partial charge in [0.1, 0.15) is 0 Å². The van der Waals surface area contributed by atoms with Crippen LogP contribution in [0.4, 0.5) is 0 Å². The third-order valence-electron chi connectivity index (χ3n) is 0. The highest BCUT2D eigenvalue weighted by Gasteiger charge is 0.845. The lowest BCUT2D eigenvalue weighted by molar-refractivity contribution is 0.399. The first-order valence-electron chi connectivity index (χ1n) is 1.79. The lowest BCUT2D eigenvalue weighted by Gasteiger charge is -1.21. The van der Waals surface area contributed by atoms with E-state index in [1.165, 1.54) is 0 Å². The Bertz CT molecular complexity index is 8.92. The standard InChI is InChI=1S/4CH4O.CH4/c4*1-2;/h4*2H,1H3;1H4. The van der Waals surface area contributed by atoms with E-state index in [-0.39, 0.29) is 7.43 Å². The summed E-state index contributed by atoms with van der Waals surface area (Å²) in [6.45, 7) is 0. The Balaban J connectivity index is -0.00000000762. The first kappa shape index (κ1) is 36.8. The summed E-state index contributed by atoms with van der Waals surface area (Å²) in [6.07, 6.45) is 0. The summed E-state index contributed by atoms with van der Waals surface area (Å²) in [5.41, 5.74) is 0. The molecular weight excluding hydrogens is 124 g/mol. The fourth-order valence-corrected chi connectivity index (χ4v) is 0. The molecule has 0 bridgehead atoms. The van der Waals surface area contributed by atoms with E-state index < -0.39 is 0 Å². The zero-order valence-electron chi connectivity index (χ0n) is 5.79. The average Bonchev–Trinajstić information content (AvgIpc) is 2.03. The van der Waals surface area contributed by atoms with E-state index >= 15 is 0 Å². The third kappa shape index (κ3) is 10400. The number of aliphatic hydroxyl groups is 4. The van der Waals surface area contributed by atoms with E-state index in [1.807, 2.05) is 0 Å². The lowest BCUT2D eigenvalue weighted by atomic mass is 11.8. The predicted molar refractivity (Wildman–Crippen MR) is 39.3 cm³/mol. The summed E-state index contributed by atoms with van der Waals surface area (Å²) in [6, 6.07) is 0. The molecule has 0 saturated carbocycles. The molecule has 0 saturated heterocycles. The number of aliphatic hydroxyl groups excluding tert-OH is 4. The van der Waals surface area contributed by atoms with Crippen LogP contribution in [0.2, 0.25) is 0 Å². The molecule has 0 aromatic heterocycles. The molecule has 0 atom stereocenters. The fourth-order valence-electron chi connectivity index (χ4n) is 0. The molecule has 4 N–H and O–H groups in total. The maximum atomic E-state index is 7.00. The zero-order valence-corrected chi connectivity index (χ0v) is 5.79. The molecule has 4 heteroatoms. The Morgan fingerprint density at radius 3 is 0.444 bits per heavy atom. The van der Waals surface area contributed by atoms with E-state index in [4.69, 9.17) is 20.4 Å². The molecule has 0 aromatic rings. The minimum Gasteiger partial charge on any atom is -0.400 e. The largest absolute Gasteiger partial charge is 0.400 e. The van der Waals surface area contributed by atoms with Crippen molar-refractivity contribution in [2.45, 2.75) is 7.43 Å². The van der Waals surface area contributed by atoms with Gasteiger partial charge in [0.15, 0.2) is 0 Å². The average molecular weight is 144 g/mol. The highest BCUT2D eigenvalue weighted by atomic mass is 16.2. The van der Waals surface area contributed by atoms with Gasteiger partial charge < -0.3 is 20.4 Å². The Labute approximate surface area is 57.4 Å². The maximum Gasteiger partial charge on any atom is 0.0319 e. The molecule has 0 fully saturated rings. The number of hydrogen-bond donors (Lipinski definition) is 4. The van der Waals surface area contributed by atoms with Crippen LogP contribution in [0.5, 0.6) is 0 Å². The fraction of sp³-hybridized carbons (Fsp3) is 1.00. The Kier molecular flexibility index (Phi) is 58700. The van der Waals surface area contributed by atoms with Crippen molar-refractivity contribution < 1.29 is 20.4 Å². The van der Waals surface area contributed by atoms with Crippen molar-refractivity contribution in [1.29, 1.82) is 0 Å². The van der Waals surface area contributed by atoms with Crippen molar-refractivity contribution in [3.05, 3.63) is 0 Å². The monoisotopic (exact) mass is 144 g/mol. The predicted octanol–water partition coefficient (Wildman–Crippen LogP) is -0.930. The molecule has 0 heterocycles. The third-order valence-corrected chi connectivity index (χ3v) is 0. The first-order chi connectivity index (χ1) is 4.00. The summed E-state index contributed by atoms with van der Waals surface area (Å²) in [5.74, 6) is 0. The van der Waals surface area contributed by atoms with Gasteiger partial charge in [-0.15, -0.1) is 0 Å². The van der Waals surface area contributed by atoms with Gasteiger partial charge in [-0.25, -0.2) is 0 Å². The SMILES string of the molecule is C.CO.CO.CO.CO. The highest BCUT2D eigenvalue weighted by molar-refractivity contribution is 3.18. The normalized spacial score (nSPS) is 2.67. The zero-order chi connectivity index (χ0) is 8.00. The van der Waals surface area contributed by atoms with Gasteiger partial charge in [0.2, 0.25) is 0 Å². The van der Waals surface area contributed by atoms with Gasteiger partial charge in [0, 0.05) is 28.4 Å². The molecule has 0 amide bonds. The molecule has 4 nitrogen and oxygen atoms in total. The topological polar surface area (TPSA) is 80.9 Å².